The molecule has 17 heavy (non-hydrogen) atoms. The van der Waals surface area contributed by atoms with Crippen molar-refractivity contribution in [1.82, 2.24) is 4.90 Å². The molecule has 4 nitrogen and oxygen atoms in total. The van der Waals surface area contributed by atoms with Crippen molar-refractivity contribution < 1.29 is 8.42 Å². The summed E-state index contributed by atoms with van der Waals surface area (Å²) in [7, 11) is -2.89. The van der Waals surface area contributed by atoms with Crippen molar-refractivity contribution in [2.75, 3.05) is 31.1 Å². The average molecular weight is 280 g/mol. The Morgan fingerprint density at radius 1 is 1.35 bits per heavy atom. The number of hydrogen-bond acceptors (Lipinski definition) is 4. The van der Waals surface area contributed by atoms with E-state index in [0.717, 1.165) is 13.1 Å². The molecule has 0 aliphatic rings. The van der Waals surface area contributed by atoms with Crippen LogP contribution in [0.15, 0.2) is 0 Å². The van der Waals surface area contributed by atoms with E-state index in [2.05, 4.69) is 18.7 Å². The standard InChI is InChI=1S/C11H24N2O2S2/c1-4-17(14,15)8-7-13(9-10(2)3)6-5-11(12)16/h10H,4-9H2,1-3H3,(H2,12,16). The number of thiocarbonyl (C=S) groups is 1. The lowest BCUT2D eigenvalue weighted by molar-refractivity contribution is 0.264. The Kier molecular flexibility index (Phi) is 7.91. The smallest absolute Gasteiger partial charge is 0.151 e. The fourth-order valence-electron chi connectivity index (χ4n) is 1.49. The van der Waals surface area contributed by atoms with Crippen molar-refractivity contribution >= 4 is 27.0 Å². The molecule has 0 aliphatic carbocycles. The van der Waals surface area contributed by atoms with Gasteiger partial charge in [0.15, 0.2) is 9.84 Å². The molecule has 0 fully saturated rings. The van der Waals surface area contributed by atoms with Gasteiger partial charge in [0.1, 0.15) is 0 Å². The van der Waals surface area contributed by atoms with Gasteiger partial charge in [-0.05, 0) is 5.92 Å². The van der Waals surface area contributed by atoms with Crippen LogP contribution in [0.5, 0.6) is 0 Å². The predicted octanol–water partition coefficient (Wildman–Crippen LogP) is 1.06. The molecule has 0 amide bonds. The minimum absolute atomic E-state index is 0.206. The molecule has 0 spiro atoms. The third-order valence-corrected chi connectivity index (χ3v) is 4.34. The van der Waals surface area contributed by atoms with Gasteiger partial charge in [-0.1, -0.05) is 33.0 Å². The number of nitrogens with zero attached hydrogens (tertiary/aromatic N) is 1. The third kappa shape index (κ3) is 9.50. The first-order chi connectivity index (χ1) is 7.76. The minimum Gasteiger partial charge on any atom is -0.393 e. The van der Waals surface area contributed by atoms with Crippen molar-refractivity contribution in [3.63, 3.8) is 0 Å². The van der Waals surface area contributed by atoms with E-state index >= 15 is 0 Å². The molecule has 0 aromatic carbocycles. The first-order valence-corrected chi connectivity index (χ1v) is 8.21. The summed E-state index contributed by atoms with van der Waals surface area (Å²) in [6.07, 6.45) is 0.647. The fourth-order valence-corrected chi connectivity index (χ4v) is 2.41. The number of hydrogen-bond donors (Lipinski definition) is 1. The van der Waals surface area contributed by atoms with Crippen LogP contribution in [0.3, 0.4) is 0 Å². The van der Waals surface area contributed by atoms with E-state index in [9.17, 15) is 8.42 Å². The van der Waals surface area contributed by atoms with Crippen LogP contribution >= 0.6 is 12.2 Å². The highest BCUT2D eigenvalue weighted by atomic mass is 32.2. The molecule has 0 aromatic rings. The Labute approximate surface area is 110 Å². The summed E-state index contributed by atoms with van der Waals surface area (Å²) in [5.74, 6) is 0.927. The van der Waals surface area contributed by atoms with Gasteiger partial charge in [0.2, 0.25) is 0 Å². The van der Waals surface area contributed by atoms with Gasteiger partial charge in [0.05, 0.1) is 10.7 Å². The van der Waals surface area contributed by atoms with Gasteiger partial charge in [0.25, 0.3) is 0 Å². The van der Waals surface area contributed by atoms with Gasteiger partial charge in [-0.3, -0.25) is 0 Å². The summed E-state index contributed by atoms with van der Waals surface area (Å²) in [6.45, 7) is 8.09. The van der Waals surface area contributed by atoms with Crippen LogP contribution in [0.2, 0.25) is 0 Å². The maximum atomic E-state index is 11.5. The van der Waals surface area contributed by atoms with Gasteiger partial charge in [-0.15, -0.1) is 0 Å². The minimum atomic E-state index is -2.89. The van der Waals surface area contributed by atoms with Crippen molar-refractivity contribution in [2.45, 2.75) is 27.2 Å². The Morgan fingerprint density at radius 3 is 2.35 bits per heavy atom. The van der Waals surface area contributed by atoms with Crippen LogP contribution in [0.4, 0.5) is 0 Å². The summed E-state index contributed by atoms with van der Waals surface area (Å²) in [6, 6.07) is 0. The molecule has 0 radical (unpaired) electrons. The van der Waals surface area contributed by atoms with Gasteiger partial charge in [0, 0.05) is 31.8 Å². The highest BCUT2D eigenvalue weighted by Gasteiger charge is 2.13. The van der Waals surface area contributed by atoms with E-state index in [-0.39, 0.29) is 11.5 Å². The normalized spacial score (nSPS) is 12.3. The van der Waals surface area contributed by atoms with Crippen LogP contribution < -0.4 is 5.73 Å². The predicted molar refractivity (Wildman–Crippen MR) is 77.0 cm³/mol. The van der Waals surface area contributed by atoms with Crippen LogP contribution in [-0.2, 0) is 9.84 Å². The molecule has 6 heteroatoms. The van der Waals surface area contributed by atoms with E-state index in [4.69, 9.17) is 18.0 Å². The molecule has 0 rings (SSSR count). The highest BCUT2D eigenvalue weighted by molar-refractivity contribution is 7.91. The molecule has 0 heterocycles. The Bertz CT molecular complexity index is 326. The van der Waals surface area contributed by atoms with E-state index in [1.54, 1.807) is 6.92 Å². The molecule has 2 N–H and O–H groups in total. The van der Waals surface area contributed by atoms with Gasteiger partial charge in [-0.25, -0.2) is 8.42 Å². The van der Waals surface area contributed by atoms with Crippen LogP contribution in [0, 0.1) is 5.92 Å². The molecule has 0 unspecified atom stereocenters. The summed E-state index contributed by atoms with van der Waals surface area (Å²) in [4.78, 5) is 2.61. The molecule has 0 saturated heterocycles. The molecular weight excluding hydrogens is 256 g/mol. The Morgan fingerprint density at radius 2 is 1.94 bits per heavy atom. The van der Waals surface area contributed by atoms with Crippen LogP contribution in [-0.4, -0.2) is 49.4 Å². The summed E-state index contributed by atoms with van der Waals surface area (Å²) >= 11 is 4.84. The molecule has 0 aliphatic heterocycles. The van der Waals surface area contributed by atoms with E-state index in [1.165, 1.54) is 0 Å². The van der Waals surface area contributed by atoms with Crippen molar-refractivity contribution in [3.05, 3.63) is 0 Å². The number of nitrogens with two attached hydrogens (primary N) is 1. The lowest BCUT2D eigenvalue weighted by Crippen LogP contribution is -2.35. The number of rotatable bonds is 9. The lowest BCUT2D eigenvalue weighted by Gasteiger charge is -2.23. The first-order valence-electron chi connectivity index (χ1n) is 5.98. The van der Waals surface area contributed by atoms with E-state index in [0.29, 0.717) is 23.9 Å². The van der Waals surface area contributed by atoms with Gasteiger partial charge >= 0.3 is 0 Å². The molecule has 0 bridgehead atoms. The first kappa shape index (κ1) is 16.8. The van der Waals surface area contributed by atoms with Gasteiger partial charge in [-0.2, -0.15) is 0 Å². The maximum Gasteiger partial charge on any atom is 0.151 e. The van der Waals surface area contributed by atoms with Crippen LogP contribution in [0.25, 0.3) is 0 Å². The van der Waals surface area contributed by atoms with Crippen molar-refractivity contribution in [2.24, 2.45) is 11.7 Å². The molecule has 0 aromatic heterocycles. The summed E-state index contributed by atoms with van der Waals surface area (Å²) in [5.41, 5.74) is 5.47. The van der Waals surface area contributed by atoms with Gasteiger partial charge < -0.3 is 10.6 Å². The summed E-state index contributed by atoms with van der Waals surface area (Å²) in [5, 5.41) is 0. The highest BCUT2D eigenvalue weighted by Crippen LogP contribution is 2.02. The average Bonchev–Trinajstić information content (AvgIpc) is 2.21. The second kappa shape index (κ2) is 8.00. The van der Waals surface area contributed by atoms with Crippen LogP contribution in [0.1, 0.15) is 27.2 Å². The third-order valence-electron chi connectivity index (χ3n) is 2.46. The molecule has 0 saturated carbocycles. The second-order valence-corrected chi connectivity index (χ2v) is 7.64. The number of sulfone groups is 1. The zero-order valence-corrected chi connectivity index (χ0v) is 12.6. The molecule has 102 valence electrons. The topological polar surface area (TPSA) is 63.4 Å². The van der Waals surface area contributed by atoms with Crippen molar-refractivity contribution in [1.29, 1.82) is 0 Å². The zero-order valence-electron chi connectivity index (χ0n) is 11.0. The lowest BCUT2D eigenvalue weighted by atomic mass is 10.2. The second-order valence-electron chi connectivity index (χ2n) is 4.65. The Hall–Kier alpha value is -0.200. The van der Waals surface area contributed by atoms with E-state index in [1.807, 2.05) is 0 Å². The maximum absolute atomic E-state index is 11.5. The van der Waals surface area contributed by atoms with E-state index < -0.39 is 9.84 Å². The summed E-state index contributed by atoms with van der Waals surface area (Å²) < 4.78 is 22.9. The molecular formula is C11H24N2O2S2. The molecule has 0 atom stereocenters. The quantitative estimate of drug-likeness (QED) is 0.640. The SMILES string of the molecule is CCS(=O)(=O)CCN(CCC(N)=S)CC(C)C. The Balaban J connectivity index is 4.23. The zero-order chi connectivity index (χ0) is 13.5. The monoisotopic (exact) mass is 280 g/mol. The van der Waals surface area contributed by atoms with Crippen molar-refractivity contribution in [3.8, 4) is 0 Å². The fraction of sp³-hybridized carbons (Fsp3) is 0.909. The largest absolute Gasteiger partial charge is 0.393 e.